The monoisotopic (exact) mass is 281 g/mol. The van der Waals surface area contributed by atoms with Crippen molar-refractivity contribution in [2.24, 2.45) is 5.92 Å². The zero-order valence-corrected chi connectivity index (χ0v) is 11.9. The number of nitrogens with one attached hydrogen (secondary N) is 3. The molecule has 3 N–H and O–H groups in total. The smallest absolute Gasteiger partial charge is 0.321 e. The highest BCUT2D eigenvalue weighted by Gasteiger charge is 2.17. The molecule has 0 aliphatic rings. The van der Waals surface area contributed by atoms with E-state index in [0.29, 0.717) is 0 Å². The highest BCUT2D eigenvalue weighted by atomic mass is 19.1. The third kappa shape index (κ3) is 4.97. The molecule has 0 unspecified atom stereocenters. The Balaban J connectivity index is 2.62. The Morgan fingerprint density at radius 3 is 2.30 bits per heavy atom. The van der Waals surface area contributed by atoms with E-state index in [1.54, 1.807) is 12.1 Å². The number of amides is 3. The Morgan fingerprint density at radius 2 is 1.80 bits per heavy atom. The maximum Gasteiger partial charge on any atom is 0.321 e. The topological polar surface area (TPSA) is 70.2 Å². The molecule has 0 radical (unpaired) electrons. The first-order chi connectivity index (χ1) is 9.43. The number of hydrogen-bond donors (Lipinski definition) is 3. The van der Waals surface area contributed by atoms with Crippen molar-refractivity contribution in [3.05, 3.63) is 35.6 Å². The molecule has 0 aliphatic carbocycles. The number of hydrogen-bond acceptors (Lipinski definition) is 3. The minimum absolute atomic E-state index is 0.00758. The van der Waals surface area contributed by atoms with Gasteiger partial charge in [0.05, 0.1) is 6.54 Å². The highest BCUT2D eigenvalue weighted by molar-refractivity contribution is 5.95. The third-order valence-electron chi connectivity index (χ3n) is 2.86. The summed E-state index contributed by atoms with van der Waals surface area (Å²) in [5.74, 6) is -0.501. The first kappa shape index (κ1) is 16.1. The van der Waals surface area contributed by atoms with E-state index in [-0.39, 0.29) is 24.3 Å². The summed E-state index contributed by atoms with van der Waals surface area (Å²) in [6, 6.07) is 5.51. The van der Waals surface area contributed by atoms with Crippen LogP contribution in [0, 0.1) is 11.7 Å². The van der Waals surface area contributed by atoms with Crippen molar-refractivity contribution in [2.45, 2.75) is 19.9 Å². The second-order valence-electron chi connectivity index (χ2n) is 4.78. The van der Waals surface area contributed by atoms with Crippen LogP contribution < -0.4 is 16.0 Å². The van der Waals surface area contributed by atoms with Gasteiger partial charge in [-0.15, -0.1) is 0 Å². The molecular weight excluding hydrogens is 261 g/mol. The fourth-order valence-electron chi connectivity index (χ4n) is 1.84. The summed E-state index contributed by atoms with van der Waals surface area (Å²) in [5.41, 5.74) is 0.897. The second-order valence-corrected chi connectivity index (χ2v) is 4.78. The van der Waals surface area contributed by atoms with Gasteiger partial charge in [0.15, 0.2) is 0 Å². The maximum atomic E-state index is 12.9. The van der Waals surface area contributed by atoms with Crippen LogP contribution in [0.4, 0.5) is 9.18 Å². The summed E-state index contributed by atoms with van der Waals surface area (Å²) in [7, 11) is 1.44. The van der Waals surface area contributed by atoms with Crippen LogP contribution in [0.5, 0.6) is 0 Å². The van der Waals surface area contributed by atoms with Crippen LogP contribution in [0.15, 0.2) is 24.3 Å². The van der Waals surface area contributed by atoms with E-state index < -0.39 is 11.9 Å². The predicted molar refractivity (Wildman–Crippen MR) is 74.6 cm³/mol. The zero-order chi connectivity index (χ0) is 15.1. The standard InChI is InChI=1S/C14H20FN3O2/c1-9(2)13(10-4-6-11(15)7-5-10)17-8-12(19)18-14(20)16-3/h4-7,9,13,17H,8H2,1-3H3,(H2,16,18,19,20)/t13-/m1/s1. The lowest BCUT2D eigenvalue weighted by atomic mass is 9.96. The lowest BCUT2D eigenvalue weighted by molar-refractivity contribution is -0.119. The van der Waals surface area contributed by atoms with Crippen LogP contribution in [0.1, 0.15) is 25.5 Å². The molecule has 0 fully saturated rings. The minimum Gasteiger partial charge on any atom is -0.341 e. The molecule has 0 heterocycles. The third-order valence-corrected chi connectivity index (χ3v) is 2.86. The van der Waals surface area contributed by atoms with Gasteiger partial charge >= 0.3 is 6.03 Å². The summed E-state index contributed by atoms with van der Waals surface area (Å²) >= 11 is 0. The Morgan fingerprint density at radius 1 is 1.20 bits per heavy atom. The van der Waals surface area contributed by atoms with E-state index in [9.17, 15) is 14.0 Å². The summed E-state index contributed by atoms with van der Waals surface area (Å²) in [6.45, 7) is 4.00. The second kappa shape index (κ2) is 7.59. The Labute approximate surface area is 117 Å². The van der Waals surface area contributed by atoms with Gasteiger partial charge in [0.25, 0.3) is 0 Å². The highest BCUT2D eigenvalue weighted by Crippen LogP contribution is 2.21. The summed E-state index contributed by atoms with van der Waals surface area (Å²) in [6.07, 6.45) is 0. The average molecular weight is 281 g/mol. The van der Waals surface area contributed by atoms with Crippen LogP contribution in [0.25, 0.3) is 0 Å². The van der Waals surface area contributed by atoms with Gasteiger partial charge in [-0.3, -0.25) is 10.1 Å². The predicted octanol–water partition coefficient (Wildman–Crippen LogP) is 1.57. The molecule has 1 rings (SSSR count). The van der Waals surface area contributed by atoms with Crippen LogP contribution in [-0.4, -0.2) is 25.5 Å². The van der Waals surface area contributed by atoms with Crippen molar-refractivity contribution in [3.63, 3.8) is 0 Å². The molecule has 0 aliphatic heterocycles. The summed E-state index contributed by atoms with van der Waals surface area (Å²) in [4.78, 5) is 22.5. The van der Waals surface area contributed by atoms with Gasteiger partial charge in [0, 0.05) is 13.1 Å². The Kier molecular flexibility index (Phi) is 6.11. The van der Waals surface area contributed by atoms with Gasteiger partial charge in [-0.1, -0.05) is 26.0 Å². The van der Waals surface area contributed by atoms with E-state index in [1.165, 1.54) is 19.2 Å². The quantitative estimate of drug-likeness (QED) is 0.767. The first-order valence-corrected chi connectivity index (χ1v) is 6.44. The normalized spacial score (nSPS) is 12.1. The van der Waals surface area contributed by atoms with Crippen LogP contribution in [-0.2, 0) is 4.79 Å². The molecule has 6 heteroatoms. The number of urea groups is 1. The van der Waals surface area contributed by atoms with E-state index in [4.69, 9.17) is 0 Å². The Bertz CT molecular complexity index is 460. The van der Waals surface area contributed by atoms with Crippen molar-refractivity contribution < 1.29 is 14.0 Å². The molecule has 1 atom stereocenters. The molecule has 20 heavy (non-hydrogen) atoms. The van der Waals surface area contributed by atoms with Crippen LogP contribution >= 0.6 is 0 Å². The number of benzene rings is 1. The first-order valence-electron chi connectivity index (χ1n) is 6.44. The molecular formula is C14H20FN3O2. The molecule has 3 amide bonds. The van der Waals surface area contributed by atoms with E-state index in [0.717, 1.165) is 5.56 Å². The van der Waals surface area contributed by atoms with Crippen LogP contribution in [0.3, 0.4) is 0 Å². The lowest BCUT2D eigenvalue weighted by Gasteiger charge is -2.22. The molecule has 0 saturated carbocycles. The molecule has 0 bridgehead atoms. The van der Waals surface area contributed by atoms with Crippen molar-refractivity contribution >= 4 is 11.9 Å². The van der Waals surface area contributed by atoms with Gasteiger partial charge in [0.1, 0.15) is 5.82 Å². The average Bonchev–Trinajstić information content (AvgIpc) is 2.40. The lowest BCUT2D eigenvalue weighted by Crippen LogP contribution is -2.43. The minimum atomic E-state index is -0.542. The van der Waals surface area contributed by atoms with Gasteiger partial charge in [-0.05, 0) is 23.6 Å². The van der Waals surface area contributed by atoms with Gasteiger partial charge in [-0.2, -0.15) is 0 Å². The summed E-state index contributed by atoms with van der Waals surface area (Å²) < 4.78 is 12.9. The molecule has 5 nitrogen and oxygen atoms in total. The summed E-state index contributed by atoms with van der Waals surface area (Å²) in [5, 5.41) is 7.55. The van der Waals surface area contributed by atoms with Gasteiger partial charge in [0.2, 0.25) is 5.91 Å². The number of carbonyl (C=O) groups excluding carboxylic acids is 2. The fourth-order valence-corrected chi connectivity index (χ4v) is 1.84. The zero-order valence-electron chi connectivity index (χ0n) is 11.9. The van der Waals surface area contributed by atoms with E-state index in [1.807, 2.05) is 13.8 Å². The Hall–Kier alpha value is -1.95. The number of halogens is 1. The van der Waals surface area contributed by atoms with Crippen molar-refractivity contribution in [3.8, 4) is 0 Å². The van der Waals surface area contributed by atoms with Gasteiger partial charge < -0.3 is 10.6 Å². The van der Waals surface area contributed by atoms with E-state index in [2.05, 4.69) is 16.0 Å². The number of rotatable bonds is 5. The molecule has 0 aromatic heterocycles. The maximum absolute atomic E-state index is 12.9. The largest absolute Gasteiger partial charge is 0.341 e. The molecule has 0 spiro atoms. The van der Waals surface area contributed by atoms with Crippen molar-refractivity contribution in [1.82, 2.24) is 16.0 Å². The van der Waals surface area contributed by atoms with Crippen molar-refractivity contribution in [1.29, 1.82) is 0 Å². The molecule has 1 aromatic carbocycles. The number of imide groups is 1. The molecule has 110 valence electrons. The van der Waals surface area contributed by atoms with E-state index >= 15 is 0 Å². The SMILES string of the molecule is CNC(=O)NC(=O)CN[C@@H](c1ccc(F)cc1)C(C)C. The fraction of sp³-hybridized carbons (Fsp3) is 0.429. The van der Waals surface area contributed by atoms with Crippen LogP contribution in [0.2, 0.25) is 0 Å². The van der Waals surface area contributed by atoms with Crippen molar-refractivity contribution in [2.75, 3.05) is 13.6 Å². The number of carbonyl (C=O) groups is 2. The molecule has 0 saturated heterocycles. The molecule has 1 aromatic rings. The van der Waals surface area contributed by atoms with Gasteiger partial charge in [-0.25, -0.2) is 9.18 Å².